The van der Waals surface area contributed by atoms with Crippen LogP contribution in [0.1, 0.15) is 20.3 Å². The van der Waals surface area contributed by atoms with Gasteiger partial charge in [0.15, 0.2) is 5.78 Å². The van der Waals surface area contributed by atoms with E-state index in [0.29, 0.717) is 6.54 Å². The average Bonchev–Trinajstić information content (AvgIpc) is 1.85. The fourth-order valence-corrected chi connectivity index (χ4v) is 1.37. The monoisotopic (exact) mass is 151 g/mol. The second kappa shape index (κ2) is 3.01. The van der Waals surface area contributed by atoms with Crippen molar-refractivity contribution < 1.29 is 4.79 Å². The van der Waals surface area contributed by atoms with E-state index in [9.17, 15) is 4.79 Å². The third-order valence-corrected chi connectivity index (χ3v) is 1.94. The summed E-state index contributed by atoms with van der Waals surface area (Å²) in [6.45, 7) is 4.31. The van der Waals surface area contributed by atoms with Crippen molar-refractivity contribution in [1.82, 2.24) is 0 Å². The lowest BCUT2D eigenvalue weighted by atomic mass is 9.93. The first-order valence-electron chi connectivity index (χ1n) is 3.75. The van der Waals surface area contributed by atoms with E-state index in [-0.39, 0.29) is 5.78 Å². The highest BCUT2D eigenvalue weighted by Crippen LogP contribution is 2.20. The molecule has 60 valence electrons. The Morgan fingerprint density at radius 3 is 2.64 bits per heavy atom. The molecule has 2 N–H and O–H groups in total. The molecule has 1 aliphatic rings. The van der Waals surface area contributed by atoms with Gasteiger partial charge in [0.2, 0.25) is 0 Å². The van der Waals surface area contributed by atoms with Crippen LogP contribution in [0.15, 0.2) is 22.8 Å². The van der Waals surface area contributed by atoms with Crippen molar-refractivity contribution in [3.63, 3.8) is 0 Å². The van der Waals surface area contributed by atoms with E-state index in [2.05, 4.69) is 0 Å². The molecule has 0 heterocycles. The Morgan fingerprint density at radius 2 is 2.18 bits per heavy atom. The predicted molar refractivity (Wildman–Crippen MR) is 45.1 cm³/mol. The van der Waals surface area contributed by atoms with Crippen LogP contribution in [-0.2, 0) is 4.79 Å². The quantitative estimate of drug-likeness (QED) is 0.611. The van der Waals surface area contributed by atoms with Crippen LogP contribution in [0.5, 0.6) is 0 Å². The van der Waals surface area contributed by atoms with E-state index in [1.54, 1.807) is 6.08 Å². The van der Waals surface area contributed by atoms with Crippen molar-refractivity contribution in [2.45, 2.75) is 20.3 Å². The first-order chi connectivity index (χ1) is 5.15. The standard InChI is InChI=1S/C9H13NO/c1-6-3-7(2)8(5-10)9(11)4-6/h4H,3,5,10H2,1-2H3. The van der Waals surface area contributed by atoms with Crippen molar-refractivity contribution in [2.24, 2.45) is 5.73 Å². The summed E-state index contributed by atoms with van der Waals surface area (Å²) in [5.74, 6) is 0.0914. The van der Waals surface area contributed by atoms with Crippen molar-refractivity contribution in [1.29, 1.82) is 0 Å². The summed E-state index contributed by atoms with van der Waals surface area (Å²) < 4.78 is 0. The minimum absolute atomic E-state index is 0.0914. The van der Waals surface area contributed by atoms with Gasteiger partial charge >= 0.3 is 0 Å². The van der Waals surface area contributed by atoms with E-state index in [1.807, 2.05) is 13.8 Å². The highest BCUT2D eigenvalue weighted by molar-refractivity contribution is 6.06. The number of carbonyl (C=O) groups is 1. The maximum atomic E-state index is 11.2. The maximum absolute atomic E-state index is 11.2. The SMILES string of the molecule is CC1=CC(=O)C(CN)=C(C)C1. The molecular weight excluding hydrogens is 138 g/mol. The minimum Gasteiger partial charge on any atom is -0.326 e. The van der Waals surface area contributed by atoms with Gasteiger partial charge in [-0.05, 0) is 26.3 Å². The second-order valence-corrected chi connectivity index (χ2v) is 2.99. The molecule has 2 nitrogen and oxygen atoms in total. The van der Waals surface area contributed by atoms with E-state index in [4.69, 9.17) is 5.73 Å². The molecule has 0 saturated heterocycles. The molecule has 0 unspecified atom stereocenters. The van der Waals surface area contributed by atoms with Gasteiger partial charge in [-0.2, -0.15) is 0 Å². The maximum Gasteiger partial charge on any atom is 0.183 e. The Morgan fingerprint density at radius 1 is 1.55 bits per heavy atom. The Balaban J connectivity index is 2.94. The molecule has 0 aromatic carbocycles. The lowest BCUT2D eigenvalue weighted by Gasteiger charge is -2.13. The molecule has 0 aromatic heterocycles. The zero-order chi connectivity index (χ0) is 8.43. The summed E-state index contributed by atoms with van der Waals surface area (Å²) >= 11 is 0. The third-order valence-electron chi connectivity index (χ3n) is 1.94. The van der Waals surface area contributed by atoms with Gasteiger partial charge in [0.1, 0.15) is 0 Å². The fourth-order valence-electron chi connectivity index (χ4n) is 1.37. The van der Waals surface area contributed by atoms with Crippen molar-refractivity contribution in [3.05, 3.63) is 22.8 Å². The molecule has 1 rings (SSSR count). The number of nitrogens with two attached hydrogens (primary N) is 1. The second-order valence-electron chi connectivity index (χ2n) is 2.99. The van der Waals surface area contributed by atoms with Gasteiger partial charge in [-0.25, -0.2) is 0 Å². The Kier molecular flexibility index (Phi) is 2.25. The Labute approximate surface area is 66.8 Å². The molecule has 1 aliphatic carbocycles. The molecular formula is C9H13NO. The van der Waals surface area contributed by atoms with E-state index >= 15 is 0 Å². The molecule has 0 saturated carbocycles. The zero-order valence-corrected chi connectivity index (χ0v) is 6.98. The van der Waals surface area contributed by atoms with E-state index in [1.165, 1.54) is 0 Å². The summed E-state index contributed by atoms with van der Waals surface area (Å²) in [4.78, 5) is 11.2. The normalized spacial score (nSPS) is 18.8. The van der Waals surface area contributed by atoms with Crippen LogP contribution in [-0.4, -0.2) is 12.3 Å². The number of allylic oxidation sites excluding steroid dienone is 3. The Hall–Kier alpha value is -0.890. The van der Waals surface area contributed by atoms with Gasteiger partial charge in [-0.1, -0.05) is 11.1 Å². The van der Waals surface area contributed by atoms with Crippen LogP contribution in [0, 0.1) is 0 Å². The molecule has 0 radical (unpaired) electrons. The summed E-state index contributed by atoms with van der Waals surface area (Å²) in [7, 11) is 0. The van der Waals surface area contributed by atoms with Gasteiger partial charge in [0.25, 0.3) is 0 Å². The van der Waals surface area contributed by atoms with Crippen LogP contribution in [0.25, 0.3) is 0 Å². The van der Waals surface area contributed by atoms with Crippen molar-refractivity contribution in [3.8, 4) is 0 Å². The first kappa shape index (κ1) is 8.21. The molecule has 0 fully saturated rings. The molecule has 11 heavy (non-hydrogen) atoms. The van der Waals surface area contributed by atoms with Crippen LogP contribution < -0.4 is 5.73 Å². The summed E-state index contributed by atoms with van der Waals surface area (Å²) in [5, 5.41) is 0. The highest BCUT2D eigenvalue weighted by atomic mass is 16.1. The molecule has 0 amide bonds. The van der Waals surface area contributed by atoms with Gasteiger partial charge in [0.05, 0.1) is 0 Å². The molecule has 0 atom stereocenters. The van der Waals surface area contributed by atoms with Crippen LogP contribution in [0.3, 0.4) is 0 Å². The number of rotatable bonds is 1. The summed E-state index contributed by atoms with van der Waals surface area (Å²) in [6, 6.07) is 0. The highest BCUT2D eigenvalue weighted by Gasteiger charge is 2.14. The minimum atomic E-state index is 0.0914. The first-order valence-corrected chi connectivity index (χ1v) is 3.75. The van der Waals surface area contributed by atoms with E-state index in [0.717, 1.165) is 23.1 Å². The Bertz CT molecular complexity index is 248. The smallest absolute Gasteiger partial charge is 0.183 e. The lowest BCUT2D eigenvalue weighted by molar-refractivity contribution is -0.111. The van der Waals surface area contributed by atoms with Crippen LogP contribution >= 0.6 is 0 Å². The molecule has 2 heteroatoms. The third kappa shape index (κ3) is 1.57. The largest absolute Gasteiger partial charge is 0.326 e. The van der Waals surface area contributed by atoms with Crippen molar-refractivity contribution in [2.75, 3.05) is 6.54 Å². The lowest BCUT2D eigenvalue weighted by Crippen LogP contribution is -2.16. The fraction of sp³-hybridized carbons (Fsp3) is 0.444. The van der Waals surface area contributed by atoms with Gasteiger partial charge in [0, 0.05) is 12.1 Å². The molecule has 0 bridgehead atoms. The number of ketones is 1. The summed E-state index contributed by atoms with van der Waals surface area (Å²) in [5.41, 5.74) is 8.46. The predicted octanol–water partition coefficient (Wildman–Crippen LogP) is 1.18. The number of hydrogen-bond acceptors (Lipinski definition) is 2. The van der Waals surface area contributed by atoms with E-state index < -0.39 is 0 Å². The topological polar surface area (TPSA) is 43.1 Å². The number of carbonyl (C=O) groups excluding carboxylic acids is 1. The molecule has 0 aliphatic heterocycles. The molecule has 0 aromatic rings. The van der Waals surface area contributed by atoms with Gasteiger partial charge in [-0.15, -0.1) is 0 Å². The van der Waals surface area contributed by atoms with Gasteiger partial charge in [-0.3, -0.25) is 4.79 Å². The molecule has 0 spiro atoms. The number of hydrogen-bond donors (Lipinski definition) is 1. The summed E-state index contributed by atoms with van der Waals surface area (Å²) in [6.07, 6.45) is 2.58. The van der Waals surface area contributed by atoms with Crippen LogP contribution in [0.2, 0.25) is 0 Å². The van der Waals surface area contributed by atoms with Crippen LogP contribution in [0.4, 0.5) is 0 Å². The zero-order valence-electron chi connectivity index (χ0n) is 6.98. The van der Waals surface area contributed by atoms with Crippen molar-refractivity contribution >= 4 is 5.78 Å². The van der Waals surface area contributed by atoms with Gasteiger partial charge < -0.3 is 5.73 Å². The average molecular weight is 151 g/mol.